The Labute approximate surface area is 169 Å². The first-order valence-electron chi connectivity index (χ1n) is 8.75. The molecule has 2 N–H and O–H groups in total. The first kappa shape index (κ1) is 22.2. The lowest BCUT2D eigenvalue weighted by Crippen LogP contribution is -2.47. The maximum atomic E-state index is 5.83. The quantitative estimate of drug-likeness (QED) is 0.390. The Bertz CT molecular complexity index is 539. The normalized spacial score (nSPS) is 21.8. The van der Waals surface area contributed by atoms with Gasteiger partial charge in [-0.2, -0.15) is 0 Å². The van der Waals surface area contributed by atoms with Gasteiger partial charge in [-0.15, -0.1) is 24.0 Å². The number of likely N-dealkylation sites (N-methyl/N-ethyl adjacent to an activating group) is 1. The van der Waals surface area contributed by atoms with E-state index >= 15 is 0 Å². The number of aryl methyl sites for hydroxylation is 1. The SMILES string of the molecule is CN=C(NCC(c1ccc(C)cc1)N(C)C)NCC1(C)CCCO1.I. The third kappa shape index (κ3) is 6.75. The van der Waals surface area contributed by atoms with Crippen LogP contribution in [0.4, 0.5) is 0 Å². The van der Waals surface area contributed by atoms with Crippen LogP contribution in [-0.2, 0) is 4.74 Å². The number of benzene rings is 1. The Morgan fingerprint density at radius 2 is 1.96 bits per heavy atom. The fourth-order valence-electron chi connectivity index (χ4n) is 3.05. The van der Waals surface area contributed by atoms with Crippen molar-refractivity contribution in [3.05, 3.63) is 35.4 Å². The summed E-state index contributed by atoms with van der Waals surface area (Å²) in [5.74, 6) is 0.825. The molecule has 2 unspecified atom stereocenters. The van der Waals surface area contributed by atoms with Crippen molar-refractivity contribution in [2.75, 3.05) is 40.8 Å². The van der Waals surface area contributed by atoms with E-state index in [1.165, 1.54) is 11.1 Å². The molecule has 1 heterocycles. The smallest absolute Gasteiger partial charge is 0.191 e. The molecule has 0 spiro atoms. The predicted molar refractivity (Wildman–Crippen MR) is 116 cm³/mol. The number of nitrogens with one attached hydrogen (secondary N) is 2. The van der Waals surface area contributed by atoms with E-state index < -0.39 is 0 Å². The van der Waals surface area contributed by atoms with E-state index in [0.29, 0.717) is 6.04 Å². The van der Waals surface area contributed by atoms with E-state index in [4.69, 9.17) is 4.74 Å². The Kier molecular flexibility index (Phi) is 9.16. The zero-order chi connectivity index (χ0) is 17.6. The van der Waals surface area contributed by atoms with Gasteiger partial charge in [0.25, 0.3) is 0 Å². The number of hydrogen-bond acceptors (Lipinski definition) is 3. The largest absolute Gasteiger partial charge is 0.373 e. The average molecular weight is 460 g/mol. The zero-order valence-electron chi connectivity index (χ0n) is 16.1. The molecule has 1 aromatic rings. The summed E-state index contributed by atoms with van der Waals surface area (Å²) in [7, 11) is 6.02. The van der Waals surface area contributed by atoms with Gasteiger partial charge in [0.1, 0.15) is 0 Å². The van der Waals surface area contributed by atoms with Crippen molar-refractivity contribution in [2.45, 2.75) is 38.3 Å². The van der Waals surface area contributed by atoms with Gasteiger partial charge in [-0.25, -0.2) is 0 Å². The number of guanidine groups is 1. The van der Waals surface area contributed by atoms with Crippen molar-refractivity contribution in [3.8, 4) is 0 Å². The van der Waals surface area contributed by atoms with Gasteiger partial charge < -0.3 is 20.3 Å². The van der Waals surface area contributed by atoms with Crippen molar-refractivity contribution < 1.29 is 4.74 Å². The van der Waals surface area contributed by atoms with Crippen LogP contribution >= 0.6 is 24.0 Å². The molecule has 5 nitrogen and oxygen atoms in total. The molecule has 1 aliphatic heterocycles. The minimum atomic E-state index is -0.0739. The summed E-state index contributed by atoms with van der Waals surface area (Å²) in [6.07, 6.45) is 2.24. The van der Waals surface area contributed by atoms with Crippen LogP contribution in [0.15, 0.2) is 29.3 Å². The molecule has 1 aliphatic rings. The highest BCUT2D eigenvalue weighted by molar-refractivity contribution is 14.0. The van der Waals surface area contributed by atoms with E-state index in [2.05, 4.69) is 72.7 Å². The Morgan fingerprint density at radius 3 is 2.48 bits per heavy atom. The van der Waals surface area contributed by atoms with E-state index in [1.807, 2.05) is 7.05 Å². The molecule has 0 aliphatic carbocycles. The highest BCUT2D eigenvalue weighted by Crippen LogP contribution is 2.23. The van der Waals surface area contributed by atoms with Gasteiger partial charge in [0.15, 0.2) is 5.96 Å². The molecule has 0 bridgehead atoms. The lowest BCUT2D eigenvalue weighted by atomic mass is 10.0. The third-order valence-electron chi connectivity index (χ3n) is 4.70. The minimum absolute atomic E-state index is 0. The van der Waals surface area contributed by atoms with Crippen molar-refractivity contribution in [1.29, 1.82) is 0 Å². The monoisotopic (exact) mass is 460 g/mol. The molecule has 2 rings (SSSR count). The van der Waals surface area contributed by atoms with Crippen LogP contribution in [0.1, 0.15) is 36.9 Å². The highest BCUT2D eigenvalue weighted by atomic mass is 127. The first-order chi connectivity index (χ1) is 11.4. The molecule has 0 aromatic heterocycles. The summed E-state index contributed by atoms with van der Waals surface area (Å²) in [6, 6.07) is 9.02. The third-order valence-corrected chi connectivity index (χ3v) is 4.70. The second kappa shape index (κ2) is 10.3. The molecule has 6 heteroatoms. The number of aliphatic imine (C=N–C) groups is 1. The number of halogens is 1. The van der Waals surface area contributed by atoms with Crippen LogP contribution in [0.5, 0.6) is 0 Å². The minimum Gasteiger partial charge on any atom is -0.373 e. The summed E-state index contributed by atoms with van der Waals surface area (Å²) in [4.78, 5) is 6.57. The maximum Gasteiger partial charge on any atom is 0.191 e. The van der Waals surface area contributed by atoms with Gasteiger partial charge in [-0.1, -0.05) is 29.8 Å². The summed E-state index contributed by atoms with van der Waals surface area (Å²) >= 11 is 0. The van der Waals surface area contributed by atoms with Crippen LogP contribution in [0.3, 0.4) is 0 Å². The molecular formula is C19H33IN4O. The second-order valence-corrected chi connectivity index (χ2v) is 7.10. The molecule has 2 atom stereocenters. The summed E-state index contributed by atoms with van der Waals surface area (Å²) in [5.41, 5.74) is 2.52. The molecule has 1 saturated heterocycles. The number of nitrogens with zero attached hydrogens (tertiary/aromatic N) is 2. The Hall–Kier alpha value is -0.860. The van der Waals surface area contributed by atoms with Crippen molar-refractivity contribution >= 4 is 29.9 Å². The molecule has 25 heavy (non-hydrogen) atoms. The Balaban J connectivity index is 0.00000312. The fraction of sp³-hybridized carbons (Fsp3) is 0.632. The number of rotatable bonds is 6. The molecular weight excluding hydrogens is 427 g/mol. The van der Waals surface area contributed by atoms with Crippen molar-refractivity contribution in [2.24, 2.45) is 4.99 Å². The van der Waals surface area contributed by atoms with E-state index in [1.54, 1.807) is 0 Å². The standard InChI is InChI=1S/C19H32N4O.HI/c1-15-7-9-16(10-8-15)17(23(4)5)13-21-18(20-3)22-14-19(2)11-6-12-24-19;/h7-10,17H,6,11-14H2,1-5H3,(H2,20,21,22);1H. The first-order valence-corrected chi connectivity index (χ1v) is 8.75. The zero-order valence-corrected chi connectivity index (χ0v) is 18.5. The Morgan fingerprint density at radius 1 is 1.28 bits per heavy atom. The van der Waals surface area contributed by atoms with Crippen molar-refractivity contribution in [1.82, 2.24) is 15.5 Å². The molecule has 0 amide bonds. The van der Waals surface area contributed by atoms with Gasteiger partial charge in [-0.05, 0) is 46.3 Å². The van der Waals surface area contributed by atoms with Gasteiger partial charge in [0, 0.05) is 26.7 Å². The molecule has 142 valence electrons. The summed E-state index contributed by atoms with van der Waals surface area (Å²) < 4.78 is 5.83. The van der Waals surface area contributed by atoms with Crippen LogP contribution in [0.2, 0.25) is 0 Å². The topological polar surface area (TPSA) is 48.9 Å². The van der Waals surface area contributed by atoms with E-state index in [9.17, 15) is 0 Å². The van der Waals surface area contributed by atoms with Crippen LogP contribution in [0.25, 0.3) is 0 Å². The summed E-state index contributed by atoms with van der Waals surface area (Å²) in [6.45, 7) is 6.72. The van der Waals surface area contributed by atoms with Crippen LogP contribution in [0, 0.1) is 6.92 Å². The van der Waals surface area contributed by atoms with Crippen LogP contribution in [-0.4, -0.2) is 57.3 Å². The lowest BCUT2D eigenvalue weighted by molar-refractivity contribution is 0.0242. The molecule has 0 radical (unpaired) electrons. The van der Waals surface area contributed by atoms with E-state index in [0.717, 1.165) is 38.5 Å². The van der Waals surface area contributed by atoms with Crippen molar-refractivity contribution in [3.63, 3.8) is 0 Å². The second-order valence-electron chi connectivity index (χ2n) is 7.10. The number of hydrogen-bond donors (Lipinski definition) is 2. The van der Waals surface area contributed by atoms with E-state index in [-0.39, 0.29) is 29.6 Å². The average Bonchev–Trinajstić information content (AvgIpc) is 2.99. The maximum absolute atomic E-state index is 5.83. The molecule has 1 aromatic carbocycles. The predicted octanol–water partition coefficient (Wildman–Crippen LogP) is 2.95. The number of ether oxygens (including phenoxy) is 1. The van der Waals surface area contributed by atoms with Gasteiger partial charge >= 0.3 is 0 Å². The molecule has 1 fully saturated rings. The fourth-order valence-corrected chi connectivity index (χ4v) is 3.05. The lowest BCUT2D eigenvalue weighted by Gasteiger charge is -2.28. The molecule has 0 saturated carbocycles. The highest BCUT2D eigenvalue weighted by Gasteiger charge is 2.29. The van der Waals surface area contributed by atoms with Gasteiger partial charge in [0.05, 0.1) is 11.6 Å². The van der Waals surface area contributed by atoms with Crippen LogP contribution < -0.4 is 10.6 Å². The summed E-state index contributed by atoms with van der Waals surface area (Å²) in [5, 5.41) is 6.85. The van der Waals surface area contributed by atoms with Gasteiger partial charge in [-0.3, -0.25) is 4.99 Å². The van der Waals surface area contributed by atoms with Gasteiger partial charge in [0.2, 0.25) is 0 Å².